The first-order valence-corrected chi connectivity index (χ1v) is 24.4. The fourth-order valence-corrected chi connectivity index (χ4v) is 8.22. The molecule has 0 radical (unpaired) electrons. The Hall–Kier alpha value is -6.53. The Morgan fingerprint density at radius 3 is 1.68 bits per heavy atom. The van der Waals surface area contributed by atoms with Crippen LogP contribution in [0, 0.1) is 23.7 Å². The number of nitrogens with one attached hydrogen (secondary N) is 5. The van der Waals surface area contributed by atoms with Crippen LogP contribution in [0.1, 0.15) is 94.4 Å². The second-order valence-electron chi connectivity index (χ2n) is 18.4. The lowest BCUT2D eigenvalue weighted by molar-refractivity contribution is -0.275. The molecule has 0 aliphatic heterocycles. The lowest BCUT2D eigenvalue weighted by atomic mass is 9.86. The molecule has 14 nitrogen and oxygen atoms in total. The summed E-state index contributed by atoms with van der Waals surface area (Å²) in [5.74, 6) is 8.31. The van der Waals surface area contributed by atoms with Crippen molar-refractivity contribution >= 4 is 45.6 Å². The van der Waals surface area contributed by atoms with E-state index in [-0.39, 0.29) is 54.7 Å². The van der Waals surface area contributed by atoms with Crippen LogP contribution >= 0.6 is 15.9 Å². The Labute approximate surface area is 423 Å². The second-order valence-corrected chi connectivity index (χ2v) is 19.2. The molecule has 0 unspecified atom stereocenters. The summed E-state index contributed by atoms with van der Waals surface area (Å²) in [6.07, 6.45) is 0.974. The quantitative estimate of drug-likeness (QED) is 0.0431. The molecule has 2 heterocycles. The Balaban J connectivity index is 0.000000235. The number of aromatic nitrogens is 4. The molecule has 0 atom stereocenters. The van der Waals surface area contributed by atoms with Gasteiger partial charge in [-0.05, 0) is 124 Å². The number of hydrogen-bond acceptors (Lipinski definition) is 13. The number of alkyl carbamates (subject to hydrolysis) is 1. The van der Waals surface area contributed by atoms with Gasteiger partial charge >= 0.3 is 18.8 Å². The molecule has 2 aromatic heterocycles. The monoisotopic (exact) mass is 1070 g/mol. The Kier molecular flexibility index (Phi) is 19.6. The molecule has 1 amide bonds. The predicted molar refractivity (Wildman–Crippen MR) is 267 cm³/mol. The maximum atomic E-state index is 12.7. The summed E-state index contributed by atoms with van der Waals surface area (Å²) in [7, 11) is 0. The van der Waals surface area contributed by atoms with Crippen LogP contribution < -0.4 is 41.8 Å². The zero-order chi connectivity index (χ0) is 51.7. The number of halogens is 7. The molecule has 2 saturated carbocycles. The summed E-state index contributed by atoms with van der Waals surface area (Å²) in [4.78, 5) is 29.5. The topological polar surface area (TPSA) is 182 Å². The largest absolute Gasteiger partial charge is 0.573 e. The Bertz CT molecular complexity index is 2580. The van der Waals surface area contributed by atoms with Gasteiger partial charge in [0.1, 0.15) is 28.7 Å². The van der Waals surface area contributed by atoms with E-state index in [2.05, 4.69) is 83.8 Å². The van der Waals surface area contributed by atoms with Crippen molar-refractivity contribution in [3.05, 3.63) is 118 Å². The number of hydrogen-bond donors (Lipinski definition) is 6. The van der Waals surface area contributed by atoms with E-state index in [4.69, 9.17) is 10.5 Å². The molecule has 0 spiro atoms. The van der Waals surface area contributed by atoms with Crippen molar-refractivity contribution in [1.82, 2.24) is 25.3 Å². The summed E-state index contributed by atoms with van der Waals surface area (Å²) in [5, 5.41) is 15.6. The van der Waals surface area contributed by atoms with E-state index < -0.39 is 18.3 Å². The molecule has 7 N–H and O–H groups in total. The van der Waals surface area contributed by atoms with Gasteiger partial charge in [0.2, 0.25) is 11.9 Å². The number of anilines is 4. The molecule has 21 heteroatoms. The summed E-state index contributed by atoms with van der Waals surface area (Å²) >= 11 is 3.43. The van der Waals surface area contributed by atoms with Crippen molar-refractivity contribution in [2.75, 3.05) is 34.4 Å². The summed E-state index contributed by atoms with van der Waals surface area (Å²) < 4.78 is 90.4. The van der Waals surface area contributed by atoms with E-state index in [1.165, 1.54) is 24.3 Å². The van der Waals surface area contributed by atoms with Gasteiger partial charge < -0.3 is 46.5 Å². The maximum absolute atomic E-state index is 12.7. The third kappa shape index (κ3) is 19.2. The van der Waals surface area contributed by atoms with Crippen molar-refractivity contribution in [3.63, 3.8) is 0 Å². The fourth-order valence-electron chi connectivity index (χ4n) is 7.89. The molecule has 72 heavy (non-hydrogen) atoms. The van der Waals surface area contributed by atoms with Gasteiger partial charge in [-0.15, -0.1) is 26.3 Å². The Morgan fingerprint density at radius 1 is 0.653 bits per heavy atom. The van der Waals surface area contributed by atoms with Crippen LogP contribution in [-0.4, -0.2) is 69.5 Å². The van der Waals surface area contributed by atoms with Gasteiger partial charge in [0.05, 0.1) is 16.2 Å². The average Bonchev–Trinajstić information content (AvgIpc) is 3.32. The van der Waals surface area contributed by atoms with Crippen molar-refractivity contribution in [3.8, 4) is 23.3 Å². The number of alkyl halides is 6. The van der Waals surface area contributed by atoms with Crippen molar-refractivity contribution in [2.45, 2.75) is 116 Å². The smallest absolute Gasteiger partial charge is 0.444 e. The minimum absolute atomic E-state index is 0.0568. The van der Waals surface area contributed by atoms with Crippen LogP contribution in [0.2, 0.25) is 0 Å². The van der Waals surface area contributed by atoms with Gasteiger partial charge in [0.25, 0.3) is 0 Å². The number of nitrogens with two attached hydrogens (primary N) is 1. The maximum Gasteiger partial charge on any atom is 0.573 e. The number of carbonyl (C=O) groups excluding carboxylic acids is 1. The first kappa shape index (κ1) is 54.8. The lowest BCUT2D eigenvalue weighted by Crippen LogP contribution is -2.41. The molecule has 5 aromatic rings. The minimum Gasteiger partial charge on any atom is -0.444 e. The summed E-state index contributed by atoms with van der Waals surface area (Å²) in [6, 6.07) is 21.8. The highest BCUT2D eigenvalue weighted by Gasteiger charge is 2.33. The molecule has 2 fully saturated rings. The average molecular weight is 1070 g/mol. The summed E-state index contributed by atoms with van der Waals surface area (Å²) in [6.45, 7) is 7.04. The van der Waals surface area contributed by atoms with E-state index in [1.807, 2.05) is 51.1 Å². The molecular weight excluding hydrogens is 1010 g/mol. The molecule has 3 aromatic carbocycles. The predicted octanol–water partition coefficient (Wildman–Crippen LogP) is 11.6. The van der Waals surface area contributed by atoms with E-state index in [0.717, 1.165) is 63.5 Å². The number of amides is 1. The molecular formula is C51H59BrF6N10O4. The number of ether oxygens (including phenoxy) is 3. The first-order valence-electron chi connectivity index (χ1n) is 23.6. The molecule has 7 rings (SSSR count). The van der Waals surface area contributed by atoms with Crippen LogP contribution in [-0.2, 0) is 17.8 Å². The highest BCUT2D eigenvalue weighted by Crippen LogP contribution is 2.31. The van der Waals surface area contributed by atoms with Crippen LogP contribution in [0.4, 0.5) is 54.7 Å². The van der Waals surface area contributed by atoms with Crippen LogP contribution in [0.5, 0.6) is 11.5 Å². The third-order valence-corrected chi connectivity index (χ3v) is 12.1. The fraction of sp³-hybridized carbons (Fsp3) is 0.431. The van der Waals surface area contributed by atoms with Gasteiger partial charge in [-0.1, -0.05) is 66.4 Å². The van der Waals surface area contributed by atoms with Crippen molar-refractivity contribution in [2.24, 2.45) is 17.6 Å². The van der Waals surface area contributed by atoms with Gasteiger partial charge in [0, 0.05) is 61.1 Å². The van der Waals surface area contributed by atoms with E-state index in [9.17, 15) is 31.1 Å². The van der Waals surface area contributed by atoms with E-state index in [1.54, 1.807) is 36.7 Å². The van der Waals surface area contributed by atoms with Crippen LogP contribution in [0.3, 0.4) is 0 Å². The summed E-state index contributed by atoms with van der Waals surface area (Å²) in [5.41, 5.74) is 7.67. The first-order chi connectivity index (χ1) is 34.2. The van der Waals surface area contributed by atoms with Gasteiger partial charge in [-0.3, -0.25) is 0 Å². The minimum atomic E-state index is -4.77. The number of nitrogens with zero attached hydrogens (tertiary/aromatic N) is 4. The third-order valence-electron chi connectivity index (χ3n) is 11.5. The lowest BCUT2D eigenvalue weighted by Gasteiger charge is -2.30. The number of para-hydroxylation sites is 2. The SMILES string of the molecule is CC(C)(C)OC(=O)NC1CCC(CNc2nc(NCc3ccccc3OC(F)(F)F)ncc2Br)CC1.NC1CCC(CNc2nc(NCc3ccccc3OC(F)(F)F)ncc2C#Cc2ccccc2)CC1. The standard InChI is InChI=1S/C27H28F3N5O.C24H31BrF3N5O3/c28-27(29,30)36-24-9-5-4-8-21(24)17-33-26-34-18-22(13-10-19-6-2-1-3-7-19)25(35-26)32-16-20-11-14-23(31)15-12-20;1-23(2,3)36-22(34)32-17-10-8-15(9-11-17)12-29-20-18(25)14-31-21(33-20)30-13-16-6-4-5-7-19(16)35-24(26,27)28/h1-9,18,20,23H,11-12,14-17,31H2,(H2,32,33,34,35);4-7,14-15,17H,8-13H2,1-3H3,(H,32,34)(H2,29,30,31,33). The van der Waals surface area contributed by atoms with Crippen LogP contribution in [0.25, 0.3) is 0 Å². The Morgan fingerprint density at radius 2 is 1.14 bits per heavy atom. The van der Waals surface area contributed by atoms with Gasteiger partial charge in [-0.25, -0.2) is 14.8 Å². The molecule has 0 bridgehead atoms. The highest BCUT2D eigenvalue weighted by molar-refractivity contribution is 9.10. The molecule has 2 aliphatic rings. The van der Waals surface area contributed by atoms with E-state index >= 15 is 0 Å². The van der Waals surface area contributed by atoms with Gasteiger partial charge in [-0.2, -0.15) is 9.97 Å². The van der Waals surface area contributed by atoms with Gasteiger partial charge in [0.15, 0.2) is 0 Å². The number of rotatable bonds is 15. The van der Waals surface area contributed by atoms with Crippen molar-refractivity contribution < 1.29 is 45.3 Å². The molecule has 386 valence electrons. The zero-order valence-electron chi connectivity index (χ0n) is 40.1. The van der Waals surface area contributed by atoms with Crippen molar-refractivity contribution in [1.29, 1.82) is 0 Å². The second kappa shape index (κ2) is 25.7. The molecule has 2 aliphatic carbocycles. The number of benzene rings is 3. The molecule has 0 saturated heterocycles. The number of carbonyl (C=O) groups is 1. The highest BCUT2D eigenvalue weighted by atomic mass is 79.9. The van der Waals surface area contributed by atoms with Crippen LogP contribution in [0.15, 0.2) is 95.7 Å². The van der Waals surface area contributed by atoms with E-state index in [0.29, 0.717) is 51.2 Å². The zero-order valence-corrected chi connectivity index (χ0v) is 41.7. The normalized spacial score (nSPS) is 17.9.